The molecular weight excluding hydrogens is 366 g/mol. The summed E-state index contributed by atoms with van der Waals surface area (Å²) in [6.07, 6.45) is 1.17. The number of hydrogen-bond acceptors (Lipinski definition) is 4. The molecule has 2 atom stereocenters. The van der Waals surface area contributed by atoms with Gasteiger partial charge in [0.2, 0.25) is 5.91 Å². The summed E-state index contributed by atoms with van der Waals surface area (Å²) in [5.41, 5.74) is 8.40. The Morgan fingerprint density at radius 2 is 1.93 bits per heavy atom. The molecule has 0 spiro atoms. The number of amides is 2. The van der Waals surface area contributed by atoms with Gasteiger partial charge >= 0.3 is 0 Å². The number of nitrogens with one attached hydrogen (secondary N) is 1. The molecule has 0 bridgehead atoms. The molecule has 0 saturated carbocycles. The predicted molar refractivity (Wildman–Crippen MR) is 114 cm³/mol. The van der Waals surface area contributed by atoms with Crippen LogP contribution in [0.25, 0.3) is 0 Å². The summed E-state index contributed by atoms with van der Waals surface area (Å²) < 4.78 is 5.76. The summed E-state index contributed by atoms with van der Waals surface area (Å²) in [6.45, 7) is 5.97. The minimum Gasteiger partial charge on any atom is -0.481 e. The Labute approximate surface area is 172 Å². The summed E-state index contributed by atoms with van der Waals surface area (Å²) in [5, 5.41) is 2.98. The van der Waals surface area contributed by atoms with Crippen molar-refractivity contribution in [3.8, 4) is 5.75 Å². The van der Waals surface area contributed by atoms with E-state index in [1.54, 1.807) is 6.92 Å². The van der Waals surface area contributed by atoms with Crippen molar-refractivity contribution in [2.75, 3.05) is 18.4 Å². The number of hydrogen-bond donors (Lipinski definition) is 2. The molecule has 29 heavy (non-hydrogen) atoms. The van der Waals surface area contributed by atoms with Crippen molar-refractivity contribution in [1.82, 2.24) is 4.90 Å². The molecule has 1 aliphatic heterocycles. The van der Waals surface area contributed by atoms with Crippen molar-refractivity contribution < 1.29 is 14.3 Å². The van der Waals surface area contributed by atoms with Crippen molar-refractivity contribution in [1.29, 1.82) is 0 Å². The Kier molecular flexibility index (Phi) is 6.88. The number of carbonyl (C=O) groups excluding carboxylic acids is 2. The lowest BCUT2D eigenvalue weighted by Gasteiger charge is -2.31. The average molecular weight is 396 g/mol. The van der Waals surface area contributed by atoms with Crippen molar-refractivity contribution in [2.24, 2.45) is 11.7 Å². The van der Waals surface area contributed by atoms with Crippen molar-refractivity contribution >= 4 is 17.5 Å². The molecular formula is C23H29N3O3. The number of carbonyl (C=O) groups is 2. The second kappa shape index (κ2) is 9.56. The molecule has 2 aromatic rings. The normalized spacial score (nSPS) is 18.1. The molecule has 0 aromatic heterocycles. The van der Waals surface area contributed by atoms with Gasteiger partial charge in [-0.15, -0.1) is 0 Å². The lowest BCUT2D eigenvalue weighted by atomic mass is 9.97. The molecule has 1 aliphatic rings. The maximum absolute atomic E-state index is 12.7. The van der Waals surface area contributed by atoms with Gasteiger partial charge in [0.05, 0.1) is 5.92 Å². The first-order chi connectivity index (χ1) is 13.9. The third kappa shape index (κ3) is 5.81. The number of aryl methyl sites for hydroxylation is 1. The number of para-hydroxylation sites is 1. The second-order valence-electron chi connectivity index (χ2n) is 7.70. The Bertz CT molecular complexity index is 851. The van der Waals surface area contributed by atoms with Crippen LogP contribution < -0.4 is 15.8 Å². The van der Waals surface area contributed by atoms with Crippen LogP contribution in [-0.4, -0.2) is 35.9 Å². The predicted octanol–water partition coefficient (Wildman–Crippen LogP) is 3.10. The quantitative estimate of drug-likeness (QED) is 0.754. The molecule has 1 fully saturated rings. The second-order valence-corrected chi connectivity index (χ2v) is 7.70. The molecule has 1 saturated heterocycles. The lowest BCUT2D eigenvalue weighted by molar-refractivity contribution is -0.123. The largest absolute Gasteiger partial charge is 0.481 e. The van der Waals surface area contributed by atoms with Gasteiger partial charge in [0.25, 0.3) is 5.91 Å². The van der Waals surface area contributed by atoms with Gasteiger partial charge in [0.1, 0.15) is 5.75 Å². The minimum atomic E-state index is -0.625. The van der Waals surface area contributed by atoms with E-state index in [-0.39, 0.29) is 17.7 Å². The summed E-state index contributed by atoms with van der Waals surface area (Å²) >= 11 is 0. The number of likely N-dealkylation sites (tertiary alicyclic amines) is 1. The molecule has 6 nitrogen and oxygen atoms in total. The fourth-order valence-electron chi connectivity index (χ4n) is 3.56. The first-order valence-electron chi connectivity index (χ1n) is 10.1. The smallest absolute Gasteiger partial charge is 0.265 e. The third-order valence-electron chi connectivity index (χ3n) is 5.28. The first-order valence-corrected chi connectivity index (χ1v) is 10.1. The van der Waals surface area contributed by atoms with E-state index in [1.807, 2.05) is 55.5 Å². The highest BCUT2D eigenvalue weighted by Crippen LogP contribution is 2.23. The first kappa shape index (κ1) is 20.9. The van der Waals surface area contributed by atoms with Crippen molar-refractivity contribution in [2.45, 2.75) is 39.3 Å². The highest BCUT2D eigenvalue weighted by molar-refractivity contribution is 5.94. The van der Waals surface area contributed by atoms with E-state index in [2.05, 4.69) is 10.2 Å². The zero-order valence-corrected chi connectivity index (χ0v) is 17.1. The molecule has 2 unspecified atom stereocenters. The standard InChI is InChI=1S/C23H29N3O3/c1-16-9-11-20(12-10-16)29-17(2)23(28)25-21-8-4-3-6-18(21)14-26-13-5-7-19(15-26)22(24)27/h3-4,6,8-12,17,19H,5,7,13-15H2,1-2H3,(H2,24,27)(H,25,28). The topological polar surface area (TPSA) is 84.7 Å². The molecule has 0 radical (unpaired) electrons. The monoisotopic (exact) mass is 395 g/mol. The zero-order chi connectivity index (χ0) is 20.8. The van der Waals surface area contributed by atoms with E-state index >= 15 is 0 Å². The van der Waals surface area contributed by atoms with Crippen LogP contribution in [-0.2, 0) is 16.1 Å². The van der Waals surface area contributed by atoms with Crippen LogP contribution in [0.1, 0.15) is 30.9 Å². The number of primary amides is 1. The van der Waals surface area contributed by atoms with Crippen LogP contribution >= 0.6 is 0 Å². The molecule has 6 heteroatoms. The molecule has 3 rings (SSSR count). The minimum absolute atomic E-state index is 0.103. The number of benzene rings is 2. The molecule has 1 heterocycles. The van der Waals surface area contributed by atoms with Crippen molar-refractivity contribution in [3.63, 3.8) is 0 Å². The van der Waals surface area contributed by atoms with E-state index in [0.717, 1.165) is 36.2 Å². The van der Waals surface area contributed by atoms with Crippen LogP contribution in [0.5, 0.6) is 5.75 Å². The third-order valence-corrected chi connectivity index (χ3v) is 5.28. The fourth-order valence-corrected chi connectivity index (χ4v) is 3.56. The summed E-state index contributed by atoms with van der Waals surface area (Å²) in [7, 11) is 0. The highest BCUT2D eigenvalue weighted by atomic mass is 16.5. The average Bonchev–Trinajstić information content (AvgIpc) is 2.71. The van der Waals surface area contributed by atoms with Crippen LogP contribution in [0, 0.1) is 12.8 Å². The Morgan fingerprint density at radius 3 is 2.66 bits per heavy atom. The number of nitrogens with two attached hydrogens (primary N) is 1. The molecule has 154 valence electrons. The lowest BCUT2D eigenvalue weighted by Crippen LogP contribution is -2.40. The SMILES string of the molecule is Cc1ccc(OC(C)C(=O)Nc2ccccc2CN2CCCC(C(N)=O)C2)cc1. The molecule has 2 amide bonds. The number of piperidine rings is 1. The van der Waals surface area contributed by atoms with Gasteiger partial charge in [-0.2, -0.15) is 0 Å². The van der Waals surface area contributed by atoms with E-state index in [4.69, 9.17) is 10.5 Å². The summed E-state index contributed by atoms with van der Waals surface area (Å²) in [6, 6.07) is 15.4. The maximum atomic E-state index is 12.7. The van der Waals surface area contributed by atoms with Gasteiger partial charge in [-0.1, -0.05) is 35.9 Å². The number of ether oxygens (including phenoxy) is 1. The molecule has 0 aliphatic carbocycles. The van der Waals surface area contributed by atoms with E-state index in [1.165, 1.54) is 0 Å². The van der Waals surface area contributed by atoms with E-state index in [9.17, 15) is 9.59 Å². The van der Waals surface area contributed by atoms with Gasteiger partial charge < -0.3 is 15.8 Å². The zero-order valence-electron chi connectivity index (χ0n) is 17.1. The van der Waals surface area contributed by atoms with Gasteiger partial charge in [0.15, 0.2) is 6.10 Å². The van der Waals surface area contributed by atoms with Gasteiger partial charge in [-0.05, 0) is 57.0 Å². The van der Waals surface area contributed by atoms with Crippen LogP contribution in [0.3, 0.4) is 0 Å². The summed E-state index contributed by atoms with van der Waals surface area (Å²) in [4.78, 5) is 26.4. The number of nitrogens with zero attached hydrogens (tertiary/aromatic N) is 1. The number of anilines is 1. The highest BCUT2D eigenvalue weighted by Gasteiger charge is 2.24. The molecule has 3 N–H and O–H groups in total. The maximum Gasteiger partial charge on any atom is 0.265 e. The molecule has 2 aromatic carbocycles. The fraction of sp³-hybridized carbons (Fsp3) is 0.391. The van der Waals surface area contributed by atoms with Crippen LogP contribution in [0.15, 0.2) is 48.5 Å². The Morgan fingerprint density at radius 1 is 1.21 bits per heavy atom. The van der Waals surface area contributed by atoms with Crippen LogP contribution in [0.4, 0.5) is 5.69 Å². The van der Waals surface area contributed by atoms with E-state index in [0.29, 0.717) is 18.8 Å². The van der Waals surface area contributed by atoms with Crippen LogP contribution in [0.2, 0.25) is 0 Å². The number of rotatable bonds is 7. The Balaban J connectivity index is 1.63. The van der Waals surface area contributed by atoms with E-state index < -0.39 is 6.10 Å². The Hall–Kier alpha value is -2.86. The van der Waals surface area contributed by atoms with Gasteiger partial charge in [-0.25, -0.2) is 0 Å². The van der Waals surface area contributed by atoms with Gasteiger partial charge in [0, 0.05) is 18.8 Å². The van der Waals surface area contributed by atoms with Gasteiger partial charge in [-0.3, -0.25) is 14.5 Å². The van der Waals surface area contributed by atoms with Crippen molar-refractivity contribution in [3.05, 3.63) is 59.7 Å². The summed E-state index contributed by atoms with van der Waals surface area (Å²) in [5.74, 6) is 0.121.